The molecule has 0 aliphatic heterocycles. The zero-order chi connectivity index (χ0) is 19.5. The van der Waals surface area contributed by atoms with Gasteiger partial charge in [-0.3, -0.25) is 0 Å². The van der Waals surface area contributed by atoms with Gasteiger partial charge in [0, 0.05) is 16.6 Å². The zero-order valence-electron chi connectivity index (χ0n) is 15.1. The number of carboxylic acid groups (broad SMARTS) is 1. The highest BCUT2D eigenvalue weighted by Gasteiger charge is 2.11. The lowest BCUT2D eigenvalue weighted by Crippen LogP contribution is -2.01. The van der Waals surface area contributed by atoms with E-state index in [1.54, 1.807) is 31.4 Å². The van der Waals surface area contributed by atoms with Crippen molar-refractivity contribution in [3.63, 3.8) is 0 Å². The smallest absolute Gasteiger partial charge is 0.335 e. The molecule has 1 aromatic heterocycles. The number of aromatic nitrogens is 2. The molecule has 0 spiro atoms. The van der Waals surface area contributed by atoms with Gasteiger partial charge in [0.2, 0.25) is 0 Å². The second-order valence-electron chi connectivity index (χ2n) is 6.15. The average Bonchev–Trinajstić information content (AvgIpc) is 2.74. The first-order chi connectivity index (χ1) is 13.6. The monoisotopic (exact) mass is 371 g/mol. The van der Waals surface area contributed by atoms with Gasteiger partial charge in [0.25, 0.3) is 0 Å². The summed E-state index contributed by atoms with van der Waals surface area (Å²) in [5, 5.41) is 13.3. The SMILES string of the molecule is COc1ccc(-c2nc(Nc3cccc(C(=O)O)c3)c3ccccc3n2)cc1. The minimum absolute atomic E-state index is 0.207. The van der Waals surface area contributed by atoms with Crippen LogP contribution in [0.2, 0.25) is 0 Å². The Kier molecular flexibility index (Phi) is 4.60. The van der Waals surface area contributed by atoms with Crippen LogP contribution in [0.3, 0.4) is 0 Å². The Balaban J connectivity index is 1.80. The highest BCUT2D eigenvalue weighted by molar-refractivity contribution is 5.93. The number of rotatable bonds is 5. The fraction of sp³-hybridized carbons (Fsp3) is 0.0455. The number of aromatic carboxylic acids is 1. The summed E-state index contributed by atoms with van der Waals surface area (Å²) in [6.45, 7) is 0. The van der Waals surface area contributed by atoms with E-state index in [4.69, 9.17) is 4.74 Å². The lowest BCUT2D eigenvalue weighted by atomic mass is 10.1. The van der Waals surface area contributed by atoms with Gasteiger partial charge in [-0.05, 0) is 54.6 Å². The van der Waals surface area contributed by atoms with Gasteiger partial charge in [0.05, 0.1) is 18.2 Å². The van der Waals surface area contributed by atoms with Crippen molar-refractivity contribution < 1.29 is 14.6 Å². The molecule has 3 aromatic carbocycles. The summed E-state index contributed by atoms with van der Waals surface area (Å²) in [4.78, 5) is 20.6. The van der Waals surface area contributed by atoms with E-state index in [-0.39, 0.29) is 5.56 Å². The van der Waals surface area contributed by atoms with E-state index < -0.39 is 5.97 Å². The second-order valence-corrected chi connectivity index (χ2v) is 6.15. The number of nitrogens with one attached hydrogen (secondary N) is 1. The number of para-hydroxylation sites is 1. The Morgan fingerprint density at radius 3 is 2.50 bits per heavy atom. The van der Waals surface area contributed by atoms with E-state index in [1.807, 2.05) is 48.5 Å². The summed E-state index contributed by atoms with van der Waals surface area (Å²) in [5.74, 6) is 0.959. The van der Waals surface area contributed by atoms with Gasteiger partial charge in [-0.15, -0.1) is 0 Å². The molecule has 4 rings (SSSR count). The third-order valence-electron chi connectivity index (χ3n) is 4.32. The number of anilines is 2. The average molecular weight is 371 g/mol. The largest absolute Gasteiger partial charge is 0.497 e. The first kappa shape index (κ1) is 17.5. The summed E-state index contributed by atoms with van der Waals surface area (Å²) in [6, 6.07) is 21.8. The minimum Gasteiger partial charge on any atom is -0.497 e. The van der Waals surface area contributed by atoms with Crippen LogP contribution in [-0.2, 0) is 0 Å². The van der Waals surface area contributed by atoms with Crippen LogP contribution in [0.25, 0.3) is 22.3 Å². The van der Waals surface area contributed by atoms with Gasteiger partial charge in [0.15, 0.2) is 5.82 Å². The van der Waals surface area contributed by atoms with Crippen molar-refractivity contribution in [3.8, 4) is 17.1 Å². The predicted octanol–water partition coefficient (Wildman–Crippen LogP) is 4.75. The number of hydrogen-bond acceptors (Lipinski definition) is 5. The number of ether oxygens (including phenoxy) is 1. The molecule has 0 aliphatic carbocycles. The summed E-state index contributed by atoms with van der Waals surface area (Å²) in [5.41, 5.74) is 2.50. The van der Waals surface area contributed by atoms with Crippen molar-refractivity contribution in [2.45, 2.75) is 0 Å². The lowest BCUT2D eigenvalue weighted by Gasteiger charge is -2.12. The molecule has 0 saturated heterocycles. The molecule has 6 heteroatoms. The third-order valence-corrected chi connectivity index (χ3v) is 4.32. The van der Waals surface area contributed by atoms with E-state index in [0.29, 0.717) is 17.3 Å². The fourth-order valence-corrected chi connectivity index (χ4v) is 2.91. The summed E-state index contributed by atoms with van der Waals surface area (Å²) < 4.78 is 5.21. The van der Waals surface area contributed by atoms with Crippen LogP contribution in [0.15, 0.2) is 72.8 Å². The topological polar surface area (TPSA) is 84.3 Å². The quantitative estimate of drug-likeness (QED) is 0.527. The molecule has 0 unspecified atom stereocenters. The first-order valence-electron chi connectivity index (χ1n) is 8.65. The van der Waals surface area contributed by atoms with E-state index >= 15 is 0 Å². The first-order valence-corrected chi connectivity index (χ1v) is 8.65. The number of benzene rings is 3. The maximum absolute atomic E-state index is 11.2. The van der Waals surface area contributed by atoms with E-state index in [1.165, 1.54) is 0 Å². The maximum atomic E-state index is 11.2. The van der Waals surface area contributed by atoms with Crippen molar-refractivity contribution >= 4 is 28.4 Å². The van der Waals surface area contributed by atoms with Crippen LogP contribution in [0.1, 0.15) is 10.4 Å². The van der Waals surface area contributed by atoms with E-state index in [0.717, 1.165) is 22.2 Å². The molecule has 28 heavy (non-hydrogen) atoms. The second kappa shape index (κ2) is 7.36. The van der Waals surface area contributed by atoms with Crippen molar-refractivity contribution in [2.24, 2.45) is 0 Å². The Morgan fingerprint density at radius 1 is 0.964 bits per heavy atom. The standard InChI is InChI=1S/C22H17N3O3/c1-28-17-11-9-14(10-12-17)20-24-19-8-3-2-7-18(19)21(25-20)23-16-6-4-5-15(13-16)22(26)27/h2-13H,1H3,(H,26,27)(H,23,24,25). The molecule has 0 aliphatic rings. The Hall–Kier alpha value is -3.93. The fourth-order valence-electron chi connectivity index (χ4n) is 2.91. The summed E-state index contributed by atoms with van der Waals surface area (Å²) in [7, 11) is 1.62. The molecule has 0 fully saturated rings. The summed E-state index contributed by atoms with van der Waals surface area (Å²) >= 11 is 0. The molecule has 6 nitrogen and oxygen atoms in total. The van der Waals surface area contributed by atoms with Crippen LogP contribution in [-0.4, -0.2) is 28.2 Å². The number of carbonyl (C=O) groups is 1. The number of carboxylic acids is 1. The van der Waals surface area contributed by atoms with Crippen LogP contribution in [0.4, 0.5) is 11.5 Å². The van der Waals surface area contributed by atoms with Gasteiger partial charge in [-0.1, -0.05) is 18.2 Å². The molecule has 2 N–H and O–H groups in total. The number of methoxy groups -OCH3 is 1. The molecule has 0 saturated carbocycles. The molecular formula is C22H17N3O3. The van der Waals surface area contributed by atoms with Crippen LogP contribution < -0.4 is 10.1 Å². The van der Waals surface area contributed by atoms with Gasteiger partial charge in [-0.2, -0.15) is 0 Å². The molecule has 0 amide bonds. The third kappa shape index (κ3) is 3.48. The van der Waals surface area contributed by atoms with E-state index in [9.17, 15) is 9.90 Å². The molecule has 0 atom stereocenters. The highest BCUT2D eigenvalue weighted by atomic mass is 16.5. The molecule has 4 aromatic rings. The van der Waals surface area contributed by atoms with Crippen molar-refractivity contribution in [2.75, 3.05) is 12.4 Å². The van der Waals surface area contributed by atoms with Gasteiger partial charge < -0.3 is 15.2 Å². The minimum atomic E-state index is -0.977. The van der Waals surface area contributed by atoms with Gasteiger partial charge in [-0.25, -0.2) is 14.8 Å². The Morgan fingerprint density at radius 2 is 1.75 bits per heavy atom. The van der Waals surface area contributed by atoms with Gasteiger partial charge in [0.1, 0.15) is 11.6 Å². The summed E-state index contributed by atoms with van der Waals surface area (Å²) in [6.07, 6.45) is 0. The number of nitrogens with zero attached hydrogens (tertiary/aromatic N) is 2. The molecular weight excluding hydrogens is 354 g/mol. The molecule has 0 bridgehead atoms. The van der Waals surface area contributed by atoms with Crippen molar-refractivity contribution in [3.05, 3.63) is 78.4 Å². The maximum Gasteiger partial charge on any atom is 0.335 e. The predicted molar refractivity (Wildman–Crippen MR) is 108 cm³/mol. The van der Waals surface area contributed by atoms with Crippen molar-refractivity contribution in [1.82, 2.24) is 9.97 Å². The van der Waals surface area contributed by atoms with Gasteiger partial charge >= 0.3 is 5.97 Å². The van der Waals surface area contributed by atoms with Crippen LogP contribution >= 0.6 is 0 Å². The van der Waals surface area contributed by atoms with Crippen LogP contribution in [0.5, 0.6) is 5.75 Å². The Bertz CT molecular complexity index is 1160. The number of hydrogen-bond donors (Lipinski definition) is 2. The highest BCUT2D eigenvalue weighted by Crippen LogP contribution is 2.28. The van der Waals surface area contributed by atoms with E-state index in [2.05, 4.69) is 15.3 Å². The number of fused-ring (bicyclic) bond motifs is 1. The molecule has 0 radical (unpaired) electrons. The zero-order valence-corrected chi connectivity index (χ0v) is 15.1. The Labute approximate surface area is 161 Å². The van der Waals surface area contributed by atoms with Crippen molar-refractivity contribution in [1.29, 1.82) is 0 Å². The molecule has 1 heterocycles. The molecule has 138 valence electrons. The lowest BCUT2D eigenvalue weighted by molar-refractivity contribution is 0.0697. The normalized spacial score (nSPS) is 10.6. The van der Waals surface area contributed by atoms with Crippen LogP contribution in [0, 0.1) is 0 Å².